The molecule has 0 bridgehead atoms. The summed E-state index contributed by atoms with van der Waals surface area (Å²) in [6, 6.07) is 17.3. The van der Waals surface area contributed by atoms with Crippen molar-refractivity contribution >= 4 is 46.0 Å². The predicted molar refractivity (Wildman–Crippen MR) is 139 cm³/mol. The molecule has 0 aliphatic carbocycles. The Morgan fingerprint density at radius 1 is 1.03 bits per heavy atom. The molecule has 7 nitrogen and oxygen atoms in total. The number of carbonyl (C=O) groups is 1. The van der Waals surface area contributed by atoms with Gasteiger partial charge in [0.15, 0.2) is 11.5 Å². The first-order valence-electron chi connectivity index (χ1n) is 11.3. The molecule has 1 N–H and O–H groups in total. The van der Waals surface area contributed by atoms with Crippen LogP contribution < -0.4 is 5.32 Å². The summed E-state index contributed by atoms with van der Waals surface area (Å²) in [5, 5.41) is 12.7. The maximum atomic E-state index is 14.0. The van der Waals surface area contributed by atoms with Gasteiger partial charge in [0, 0.05) is 39.0 Å². The molecule has 0 saturated heterocycles. The van der Waals surface area contributed by atoms with Crippen LogP contribution in [0.15, 0.2) is 66.9 Å². The average Bonchev–Trinajstić information content (AvgIpc) is 3.44. The minimum atomic E-state index is -2.73. The molecule has 0 aliphatic rings. The van der Waals surface area contributed by atoms with Crippen LogP contribution >= 0.6 is 23.2 Å². The third-order valence-electron chi connectivity index (χ3n) is 5.80. The molecule has 5 rings (SSSR count). The molecule has 0 spiro atoms. The Labute approximate surface area is 220 Å². The fourth-order valence-electron chi connectivity index (χ4n) is 4.11. The van der Waals surface area contributed by atoms with E-state index in [1.807, 2.05) is 6.07 Å². The van der Waals surface area contributed by atoms with Gasteiger partial charge in [-0.2, -0.15) is 10.2 Å². The number of aryl methyl sites for hydroxylation is 1. The molecule has 0 unspecified atom stereocenters. The van der Waals surface area contributed by atoms with Crippen LogP contribution in [0.3, 0.4) is 0 Å². The van der Waals surface area contributed by atoms with E-state index < -0.39 is 12.3 Å². The lowest BCUT2D eigenvalue weighted by Gasteiger charge is -2.09. The maximum absolute atomic E-state index is 14.0. The fraction of sp³-hybridized carbons (Fsp3) is 0.154. The van der Waals surface area contributed by atoms with Crippen LogP contribution in [-0.4, -0.2) is 30.5 Å². The zero-order valence-corrected chi connectivity index (χ0v) is 21.0. The second-order valence-corrected chi connectivity index (χ2v) is 9.17. The molecule has 0 radical (unpaired) electrons. The molecule has 0 fully saturated rings. The molecule has 3 heterocycles. The minimum Gasteiger partial charge on any atom is -0.308 e. The monoisotopic (exact) mass is 540 g/mol. The number of hydrogen-bond acceptors (Lipinski definition) is 4. The van der Waals surface area contributed by atoms with Crippen molar-refractivity contribution in [1.29, 1.82) is 0 Å². The summed E-state index contributed by atoms with van der Waals surface area (Å²) in [6.07, 6.45) is -1.04. The van der Waals surface area contributed by atoms with Crippen molar-refractivity contribution in [3.8, 4) is 11.3 Å². The lowest BCUT2D eigenvalue weighted by atomic mass is 10.1. The van der Waals surface area contributed by atoms with Gasteiger partial charge in [-0.15, -0.1) is 0 Å². The van der Waals surface area contributed by atoms with Gasteiger partial charge in [-0.05, 0) is 25.1 Å². The minimum absolute atomic E-state index is 0.176. The summed E-state index contributed by atoms with van der Waals surface area (Å²) >= 11 is 12.5. The van der Waals surface area contributed by atoms with E-state index in [0.717, 1.165) is 0 Å². The van der Waals surface area contributed by atoms with E-state index in [2.05, 4.69) is 20.5 Å². The Balaban J connectivity index is 1.39. The topological polar surface area (TPSA) is 77.6 Å². The summed E-state index contributed by atoms with van der Waals surface area (Å²) < 4.78 is 30.9. The van der Waals surface area contributed by atoms with E-state index in [1.54, 1.807) is 66.3 Å². The van der Waals surface area contributed by atoms with Crippen molar-refractivity contribution in [1.82, 2.24) is 24.5 Å². The van der Waals surface area contributed by atoms with Crippen molar-refractivity contribution < 1.29 is 13.6 Å². The van der Waals surface area contributed by atoms with Gasteiger partial charge in [-0.1, -0.05) is 59.6 Å². The van der Waals surface area contributed by atoms with Crippen molar-refractivity contribution in [3.05, 3.63) is 93.7 Å². The highest BCUT2D eigenvalue weighted by atomic mass is 35.5. The Bertz CT molecular complexity index is 1580. The first-order chi connectivity index (χ1) is 17.8. The van der Waals surface area contributed by atoms with Crippen LogP contribution in [0.2, 0.25) is 10.0 Å². The normalized spacial score (nSPS) is 11.4. The van der Waals surface area contributed by atoms with E-state index in [1.165, 1.54) is 10.7 Å². The van der Waals surface area contributed by atoms with Crippen molar-refractivity contribution in [3.63, 3.8) is 0 Å². The van der Waals surface area contributed by atoms with Crippen LogP contribution in [-0.2, 0) is 17.9 Å². The van der Waals surface area contributed by atoms with E-state index in [4.69, 9.17) is 23.2 Å². The van der Waals surface area contributed by atoms with Crippen LogP contribution in [0.4, 0.5) is 14.6 Å². The number of amides is 1. The molecule has 1 amide bonds. The van der Waals surface area contributed by atoms with Gasteiger partial charge < -0.3 is 5.32 Å². The highest BCUT2D eigenvalue weighted by molar-refractivity contribution is 6.36. The second-order valence-electron chi connectivity index (χ2n) is 8.35. The third-order valence-corrected chi connectivity index (χ3v) is 6.50. The predicted octanol–water partition coefficient (Wildman–Crippen LogP) is 6.53. The molecule has 5 aromatic rings. The Morgan fingerprint density at radius 3 is 2.46 bits per heavy atom. The summed E-state index contributed by atoms with van der Waals surface area (Å²) in [6.45, 7) is 1.70. The Hall–Kier alpha value is -3.82. The largest absolute Gasteiger partial charge is 0.308 e. The number of fused-ring (bicyclic) bond motifs is 1. The fourth-order valence-corrected chi connectivity index (χ4v) is 4.62. The smallest absolute Gasteiger partial charge is 0.264 e. The lowest BCUT2D eigenvalue weighted by molar-refractivity contribution is -0.116. The molecule has 11 heteroatoms. The number of aromatic nitrogens is 5. The number of alkyl halides is 2. The van der Waals surface area contributed by atoms with Crippen LogP contribution in [0.1, 0.15) is 23.2 Å². The molecular formula is C26H20Cl2F2N6O. The third kappa shape index (κ3) is 5.19. The van der Waals surface area contributed by atoms with E-state index >= 15 is 0 Å². The Morgan fingerprint density at radius 2 is 1.76 bits per heavy atom. The van der Waals surface area contributed by atoms with Crippen LogP contribution in [0.25, 0.3) is 22.3 Å². The summed E-state index contributed by atoms with van der Waals surface area (Å²) in [4.78, 5) is 17.4. The second kappa shape index (κ2) is 10.3. The number of benzene rings is 2. The first-order valence-corrected chi connectivity index (χ1v) is 12.0. The van der Waals surface area contributed by atoms with E-state index in [0.29, 0.717) is 44.9 Å². The lowest BCUT2D eigenvalue weighted by Crippen LogP contribution is -2.20. The van der Waals surface area contributed by atoms with Gasteiger partial charge in [-0.25, -0.2) is 18.4 Å². The number of nitrogens with one attached hydrogen (secondary N) is 1. The molecular weight excluding hydrogens is 521 g/mol. The quantitative estimate of drug-likeness (QED) is 0.254. The van der Waals surface area contributed by atoms with Crippen molar-refractivity contribution in [2.45, 2.75) is 26.4 Å². The van der Waals surface area contributed by atoms with Gasteiger partial charge in [-0.3, -0.25) is 9.48 Å². The molecule has 0 saturated carbocycles. The molecule has 2 aromatic carbocycles. The molecule has 0 aliphatic heterocycles. The zero-order chi connectivity index (χ0) is 26.1. The summed E-state index contributed by atoms with van der Waals surface area (Å²) in [7, 11) is 0. The number of pyridine rings is 1. The number of anilines is 1. The molecule has 37 heavy (non-hydrogen) atoms. The van der Waals surface area contributed by atoms with Gasteiger partial charge >= 0.3 is 0 Å². The molecule has 3 aromatic heterocycles. The standard InChI is InChI=1S/C26H20Cl2F2N6O/c1-15-24-17(25(29)30)12-21(16-6-3-2-4-7-16)31-26(24)36(33-15)14-23(37)32-22-10-11-35(34-22)13-18-19(27)8-5-9-20(18)28/h2-12,25H,13-14H2,1H3,(H,32,34,37). The molecule has 188 valence electrons. The van der Waals surface area contributed by atoms with Gasteiger partial charge in [0.25, 0.3) is 6.43 Å². The zero-order valence-electron chi connectivity index (χ0n) is 19.5. The summed E-state index contributed by atoms with van der Waals surface area (Å²) in [5.41, 5.74) is 2.17. The van der Waals surface area contributed by atoms with Gasteiger partial charge in [0.1, 0.15) is 6.54 Å². The summed E-state index contributed by atoms with van der Waals surface area (Å²) in [5.74, 6) is -0.122. The number of halogens is 4. The highest BCUT2D eigenvalue weighted by Gasteiger charge is 2.22. The van der Waals surface area contributed by atoms with Crippen LogP contribution in [0.5, 0.6) is 0 Å². The van der Waals surface area contributed by atoms with E-state index in [9.17, 15) is 13.6 Å². The van der Waals surface area contributed by atoms with Gasteiger partial charge in [0.05, 0.1) is 23.3 Å². The number of rotatable bonds is 7. The number of carbonyl (C=O) groups excluding carboxylic acids is 1. The van der Waals surface area contributed by atoms with E-state index in [-0.39, 0.29) is 23.1 Å². The maximum Gasteiger partial charge on any atom is 0.264 e. The SMILES string of the molecule is Cc1nn(CC(=O)Nc2ccn(Cc3c(Cl)cccc3Cl)n2)c2nc(-c3ccccc3)cc(C(F)F)c12. The van der Waals surface area contributed by atoms with Gasteiger partial charge in [0.2, 0.25) is 5.91 Å². The van der Waals surface area contributed by atoms with Crippen molar-refractivity contribution in [2.24, 2.45) is 0 Å². The number of nitrogens with zero attached hydrogens (tertiary/aromatic N) is 5. The first kappa shape index (κ1) is 24.9. The molecule has 0 atom stereocenters. The Kier molecular flexibility index (Phi) is 6.90. The highest BCUT2D eigenvalue weighted by Crippen LogP contribution is 2.33. The van der Waals surface area contributed by atoms with Crippen LogP contribution in [0, 0.1) is 6.92 Å². The average molecular weight is 541 g/mol. The number of hydrogen-bond donors (Lipinski definition) is 1. The van der Waals surface area contributed by atoms with Crippen molar-refractivity contribution in [2.75, 3.05) is 5.32 Å².